The van der Waals surface area contributed by atoms with Gasteiger partial charge in [-0.15, -0.1) is 11.3 Å². The third kappa shape index (κ3) is 4.71. The highest BCUT2D eigenvalue weighted by molar-refractivity contribution is 7.17. The van der Waals surface area contributed by atoms with Crippen LogP contribution >= 0.6 is 11.3 Å². The minimum atomic E-state index is -0.340. The van der Waals surface area contributed by atoms with Gasteiger partial charge in [0, 0.05) is 11.0 Å². The Morgan fingerprint density at radius 3 is 2.68 bits per heavy atom. The molecule has 0 fully saturated rings. The summed E-state index contributed by atoms with van der Waals surface area (Å²) in [5.74, 6) is 0.0655. The van der Waals surface area contributed by atoms with E-state index < -0.39 is 0 Å². The van der Waals surface area contributed by atoms with E-state index in [1.807, 2.05) is 31.2 Å². The summed E-state index contributed by atoms with van der Waals surface area (Å²) in [6.07, 6.45) is 7.33. The number of benzene rings is 1. The fraction of sp³-hybridized carbons (Fsp3) is 0.391. The molecule has 0 radical (unpaired) electrons. The summed E-state index contributed by atoms with van der Waals surface area (Å²) < 4.78 is 5.27. The number of thiophene rings is 1. The Balaban J connectivity index is 1.82. The number of hydrogen-bond acceptors (Lipinski definition) is 4. The molecular formula is C23H27NO3S. The van der Waals surface area contributed by atoms with Crippen LogP contribution in [0.15, 0.2) is 30.3 Å². The van der Waals surface area contributed by atoms with Gasteiger partial charge in [-0.2, -0.15) is 0 Å². The molecule has 1 heterocycles. The molecule has 1 aromatic heterocycles. The second-order valence-corrected chi connectivity index (χ2v) is 8.28. The van der Waals surface area contributed by atoms with E-state index in [4.69, 9.17) is 4.74 Å². The summed E-state index contributed by atoms with van der Waals surface area (Å²) in [6, 6.07) is 7.96. The van der Waals surface area contributed by atoms with Crippen LogP contribution in [0.1, 0.15) is 58.6 Å². The Kier molecular flexibility index (Phi) is 6.68. The predicted molar refractivity (Wildman–Crippen MR) is 115 cm³/mol. The zero-order valence-electron chi connectivity index (χ0n) is 16.7. The molecule has 0 saturated heterocycles. The van der Waals surface area contributed by atoms with Crippen molar-refractivity contribution in [1.82, 2.24) is 0 Å². The number of fused-ring (bicyclic) bond motifs is 1. The monoisotopic (exact) mass is 397 g/mol. The lowest BCUT2D eigenvalue weighted by molar-refractivity contribution is -0.111. The standard InChI is InChI=1S/C23H27NO3S/c1-4-16-10-12-18-19(14-16)28-22(21(18)23(26)27-5-2)24-20(25)13-11-17-8-6-15(3)7-9-17/h6-9,11,13,16H,4-5,10,12,14H2,1-3H3,(H,24,25)/b13-11+. The van der Waals surface area contributed by atoms with Crippen molar-refractivity contribution in [2.75, 3.05) is 11.9 Å². The van der Waals surface area contributed by atoms with Crippen molar-refractivity contribution in [3.63, 3.8) is 0 Å². The zero-order valence-corrected chi connectivity index (χ0v) is 17.5. The molecule has 1 N–H and O–H groups in total. The molecule has 0 saturated carbocycles. The fourth-order valence-corrected chi connectivity index (χ4v) is 4.87. The van der Waals surface area contributed by atoms with Crippen molar-refractivity contribution in [2.24, 2.45) is 5.92 Å². The van der Waals surface area contributed by atoms with Gasteiger partial charge in [0.2, 0.25) is 5.91 Å². The van der Waals surface area contributed by atoms with Gasteiger partial charge in [-0.1, -0.05) is 43.2 Å². The number of nitrogens with one attached hydrogen (secondary N) is 1. The van der Waals surface area contributed by atoms with E-state index in [1.54, 1.807) is 13.0 Å². The maximum Gasteiger partial charge on any atom is 0.341 e. The third-order valence-electron chi connectivity index (χ3n) is 5.17. The zero-order chi connectivity index (χ0) is 20.1. The Morgan fingerprint density at radius 1 is 1.25 bits per heavy atom. The number of amides is 1. The summed E-state index contributed by atoms with van der Waals surface area (Å²) >= 11 is 1.52. The van der Waals surface area contributed by atoms with Crippen molar-refractivity contribution in [2.45, 2.75) is 46.5 Å². The Bertz CT molecular complexity index is 880. The van der Waals surface area contributed by atoms with Crippen LogP contribution in [0.25, 0.3) is 6.08 Å². The Morgan fingerprint density at radius 2 is 2.00 bits per heavy atom. The van der Waals surface area contributed by atoms with Gasteiger partial charge in [0.05, 0.1) is 12.2 Å². The molecule has 28 heavy (non-hydrogen) atoms. The summed E-state index contributed by atoms with van der Waals surface area (Å²) in [4.78, 5) is 26.2. The SMILES string of the molecule is CCOC(=O)c1c(NC(=O)/C=C/c2ccc(C)cc2)sc2c1CCC(CC)C2. The molecule has 5 heteroatoms. The summed E-state index contributed by atoms with van der Waals surface area (Å²) in [5, 5.41) is 3.52. The predicted octanol–water partition coefficient (Wildman–Crippen LogP) is 5.40. The van der Waals surface area contributed by atoms with Gasteiger partial charge in [-0.3, -0.25) is 4.79 Å². The number of aryl methyl sites for hydroxylation is 1. The molecule has 1 aliphatic carbocycles. The number of carbonyl (C=O) groups is 2. The maximum absolute atomic E-state index is 12.6. The molecular weight excluding hydrogens is 370 g/mol. The van der Waals surface area contributed by atoms with Crippen LogP contribution in [0.2, 0.25) is 0 Å². The number of rotatable bonds is 6. The first-order chi connectivity index (χ1) is 13.5. The first-order valence-electron chi connectivity index (χ1n) is 9.89. The van der Waals surface area contributed by atoms with Crippen LogP contribution in [0.3, 0.4) is 0 Å². The lowest BCUT2D eigenvalue weighted by Gasteiger charge is -2.20. The number of ether oxygens (including phenoxy) is 1. The molecule has 148 valence electrons. The smallest absolute Gasteiger partial charge is 0.341 e. The fourth-order valence-electron chi connectivity index (χ4n) is 3.51. The molecule has 1 amide bonds. The Hall–Kier alpha value is -2.40. The lowest BCUT2D eigenvalue weighted by atomic mass is 9.85. The number of hydrogen-bond donors (Lipinski definition) is 1. The third-order valence-corrected chi connectivity index (χ3v) is 6.34. The quantitative estimate of drug-likeness (QED) is 0.524. The van der Waals surface area contributed by atoms with Crippen molar-refractivity contribution in [3.8, 4) is 0 Å². The molecule has 1 unspecified atom stereocenters. The highest BCUT2D eigenvalue weighted by Gasteiger charge is 2.29. The van der Waals surface area contributed by atoms with E-state index in [0.29, 0.717) is 23.1 Å². The van der Waals surface area contributed by atoms with E-state index in [2.05, 4.69) is 12.2 Å². The molecule has 2 aromatic rings. The Labute approximate surface area is 170 Å². The lowest BCUT2D eigenvalue weighted by Crippen LogP contribution is -2.16. The number of carbonyl (C=O) groups excluding carboxylic acids is 2. The van der Waals surface area contributed by atoms with Crippen molar-refractivity contribution in [3.05, 3.63) is 57.5 Å². The van der Waals surface area contributed by atoms with Crippen molar-refractivity contribution in [1.29, 1.82) is 0 Å². The molecule has 1 aliphatic rings. The topological polar surface area (TPSA) is 55.4 Å². The number of esters is 1. The molecule has 1 atom stereocenters. The molecule has 3 rings (SSSR count). The van der Waals surface area contributed by atoms with Gasteiger partial charge in [0.15, 0.2) is 0 Å². The van der Waals surface area contributed by atoms with Crippen LogP contribution in [0, 0.1) is 12.8 Å². The van der Waals surface area contributed by atoms with E-state index in [9.17, 15) is 9.59 Å². The van der Waals surface area contributed by atoms with E-state index in [-0.39, 0.29) is 11.9 Å². The van der Waals surface area contributed by atoms with Crippen LogP contribution in [0.4, 0.5) is 5.00 Å². The first kappa shape index (κ1) is 20.3. The average Bonchev–Trinajstić information content (AvgIpc) is 3.04. The highest BCUT2D eigenvalue weighted by atomic mass is 32.1. The minimum absolute atomic E-state index is 0.239. The van der Waals surface area contributed by atoms with E-state index >= 15 is 0 Å². The van der Waals surface area contributed by atoms with Gasteiger partial charge < -0.3 is 10.1 Å². The summed E-state index contributed by atoms with van der Waals surface area (Å²) in [7, 11) is 0. The molecule has 0 spiro atoms. The van der Waals surface area contributed by atoms with Crippen molar-refractivity contribution < 1.29 is 14.3 Å². The molecule has 0 aliphatic heterocycles. The average molecular weight is 398 g/mol. The summed E-state index contributed by atoms with van der Waals surface area (Å²) in [6.45, 7) is 6.35. The van der Waals surface area contributed by atoms with Crippen LogP contribution in [0.5, 0.6) is 0 Å². The van der Waals surface area contributed by atoms with E-state index in [1.165, 1.54) is 27.9 Å². The molecule has 1 aromatic carbocycles. The van der Waals surface area contributed by atoms with Gasteiger partial charge in [-0.05, 0) is 56.2 Å². The van der Waals surface area contributed by atoms with Crippen LogP contribution in [-0.4, -0.2) is 18.5 Å². The maximum atomic E-state index is 12.6. The van der Waals surface area contributed by atoms with Crippen molar-refractivity contribution >= 4 is 34.3 Å². The van der Waals surface area contributed by atoms with Gasteiger partial charge in [-0.25, -0.2) is 4.79 Å². The normalized spacial score (nSPS) is 16.0. The second kappa shape index (κ2) is 9.20. The second-order valence-electron chi connectivity index (χ2n) is 7.18. The molecule has 4 nitrogen and oxygen atoms in total. The number of anilines is 1. The highest BCUT2D eigenvalue weighted by Crippen LogP contribution is 2.40. The van der Waals surface area contributed by atoms with Crippen LogP contribution in [-0.2, 0) is 22.4 Å². The van der Waals surface area contributed by atoms with E-state index in [0.717, 1.165) is 36.8 Å². The largest absolute Gasteiger partial charge is 0.462 e. The van der Waals surface area contributed by atoms with Gasteiger partial charge in [0.25, 0.3) is 0 Å². The van der Waals surface area contributed by atoms with Gasteiger partial charge >= 0.3 is 5.97 Å². The summed E-state index contributed by atoms with van der Waals surface area (Å²) in [5.41, 5.74) is 3.75. The minimum Gasteiger partial charge on any atom is -0.462 e. The van der Waals surface area contributed by atoms with Gasteiger partial charge in [0.1, 0.15) is 5.00 Å². The first-order valence-corrected chi connectivity index (χ1v) is 10.7. The molecule has 0 bridgehead atoms. The van der Waals surface area contributed by atoms with Crippen LogP contribution < -0.4 is 5.32 Å².